The van der Waals surface area contributed by atoms with Gasteiger partial charge in [-0.1, -0.05) is 23.7 Å². The highest BCUT2D eigenvalue weighted by molar-refractivity contribution is 6.33. The number of amides is 1. The van der Waals surface area contributed by atoms with Gasteiger partial charge in [0.05, 0.1) is 16.6 Å². The van der Waals surface area contributed by atoms with E-state index in [1.54, 1.807) is 11.0 Å². The molecule has 0 N–H and O–H groups in total. The molecule has 1 unspecified atom stereocenters. The maximum atomic E-state index is 13.2. The van der Waals surface area contributed by atoms with Gasteiger partial charge in [0.2, 0.25) is 5.91 Å². The lowest BCUT2D eigenvalue weighted by atomic mass is 9.96. The first-order chi connectivity index (χ1) is 15.7. The third-order valence-corrected chi connectivity index (χ3v) is 6.49. The number of carbonyl (C=O) groups is 1. The number of piperidine rings is 1. The average Bonchev–Trinajstić information content (AvgIpc) is 3.39. The zero-order valence-electron chi connectivity index (χ0n) is 17.7. The second-order valence-corrected chi connectivity index (χ2v) is 8.55. The van der Waals surface area contributed by atoms with Gasteiger partial charge in [-0.05, 0) is 37.1 Å². The topological polar surface area (TPSA) is 83.3 Å². The average molecular weight is 453 g/mol. The van der Waals surface area contributed by atoms with Crippen LogP contribution in [-0.2, 0) is 4.79 Å². The van der Waals surface area contributed by atoms with Gasteiger partial charge < -0.3 is 14.7 Å². The number of anilines is 2. The van der Waals surface area contributed by atoms with E-state index in [4.69, 9.17) is 11.6 Å². The molecular weight excluding hydrogens is 428 g/mol. The van der Waals surface area contributed by atoms with Crippen LogP contribution in [0.5, 0.6) is 0 Å². The number of halogens is 1. The smallest absolute Gasteiger partial charge is 0.227 e. The number of rotatable bonds is 4. The van der Waals surface area contributed by atoms with Gasteiger partial charge in [0.25, 0.3) is 0 Å². The van der Waals surface area contributed by atoms with Gasteiger partial charge in [-0.15, -0.1) is 10.2 Å². The number of aromatic nitrogens is 5. The fraction of sp³-hybridized carbons (Fsp3) is 0.409. The second-order valence-electron chi connectivity index (χ2n) is 8.14. The Morgan fingerprint density at radius 3 is 2.44 bits per heavy atom. The predicted octanol–water partition coefficient (Wildman–Crippen LogP) is 2.28. The van der Waals surface area contributed by atoms with Gasteiger partial charge in [0, 0.05) is 39.3 Å². The Kier molecular flexibility index (Phi) is 5.89. The largest absolute Gasteiger partial charge is 0.367 e. The van der Waals surface area contributed by atoms with Crippen molar-refractivity contribution in [3.63, 3.8) is 0 Å². The van der Waals surface area contributed by atoms with E-state index >= 15 is 0 Å². The van der Waals surface area contributed by atoms with E-state index in [9.17, 15) is 4.79 Å². The minimum absolute atomic E-state index is 0.0209. The molecule has 166 valence electrons. The molecule has 3 aromatic rings. The molecule has 0 aliphatic carbocycles. The first-order valence-corrected chi connectivity index (χ1v) is 11.3. The highest BCUT2D eigenvalue weighted by atomic mass is 35.5. The number of carbonyl (C=O) groups excluding carboxylic acids is 1. The normalized spacial score (nSPS) is 19.3. The number of piperazine rings is 1. The summed E-state index contributed by atoms with van der Waals surface area (Å²) in [5, 5.41) is 13.4. The van der Waals surface area contributed by atoms with Gasteiger partial charge in [-0.25, -0.2) is 9.67 Å². The Morgan fingerprint density at radius 2 is 1.72 bits per heavy atom. The maximum Gasteiger partial charge on any atom is 0.227 e. The molecule has 2 aliphatic heterocycles. The Labute approximate surface area is 191 Å². The molecule has 2 aliphatic rings. The fourth-order valence-electron chi connectivity index (χ4n) is 4.46. The van der Waals surface area contributed by atoms with Crippen LogP contribution in [0, 0.1) is 5.92 Å². The summed E-state index contributed by atoms with van der Waals surface area (Å²) in [6, 6.07) is 11.7. The number of para-hydroxylation sites is 1. The summed E-state index contributed by atoms with van der Waals surface area (Å²) in [5.41, 5.74) is 1.04. The van der Waals surface area contributed by atoms with E-state index < -0.39 is 0 Å². The standard InChI is InChI=1S/C22H25ClN8O/c23-18-5-1-2-6-19(18)28-10-12-29(13-11-28)22(32)17-4-3-9-30(14-17)20-7-8-21(27-26-20)31-16-24-15-25-31/h1-2,5-8,15-17H,3-4,9-14H2. The Morgan fingerprint density at radius 1 is 0.938 bits per heavy atom. The van der Waals surface area contributed by atoms with Crippen molar-refractivity contribution in [2.24, 2.45) is 5.92 Å². The van der Waals surface area contributed by atoms with Gasteiger partial charge in [-0.2, -0.15) is 5.10 Å². The summed E-state index contributed by atoms with van der Waals surface area (Å²) >= 11 is 6.34. The van der Waals surface area contributed by atoms with Gasteiger partial charge in [0.15, 0.2) is 11.6 Å². The molecule has 1 amide bonds. The third-order valence-electron chi connectivity index (χ3n) is 6.17. The van der Waals surface area contributed by atoms with E-state index in [-0.39, 0.29) is 11.8 Å². The van der Waals surface area contributed by atoms with Crippen LogP contribution in [0.2, 0.25) is 5.02 Å². The molecular formula is C22H25ClN8O. The summed E-state index contributed by atoms with van der Waals surface area (Å²) in [7, 11) is 0. The highest BCUT2D eigenvalue weighted by Crippen LogP contribution is 2.27. The predicted molar refractivity (Wildman–Crippen MR) is 122 cm³/mol. The lowest BCUT2D eigenvalue weighted by Crippen LogP contribution is -2.52. The molecule has 1 atom stereocenters. The summed E-state index contributed by atoms with van der Waals surface area (Å²) in [5.74, 6) is 1.62. The third kappa shape index (κ3) is 4.25. The van der Waals surface area contributed by atoms with Gasteiger partial charge in [-0.3, -0.25) is 4.79 Å². The van der Waals surface area contributed by atoms with Crippen LogP contribution in [0.3, 0.4) is 0 Å². The SMILES string of the molecule is O=C(C1CCCN(c2ccc(-n3cncn3)nn2)C1)N1CCN(c2ccccc2Cl)CC1. The van der Waals surface area contributed by atoms with Crippen LogP contribution in [-0.4, -0.2) is 75.0 Å². The fourth-order valence-corrected chi connectivity index (χ4v) is 4.71. The molecule has 1 aromatic carbocycles. The molecule has 2 fully saturated rings. The molecule has 0 bridgehead atoms. The molecule has 0 spiro atoms. The lowest BCUT2D eigenvalue weighted by molar-refractivity contribution is -0.136. The molecule has 10 heteroatoms. The monoisotopic (exact) mass is 452 g/mol. The maximum absolute atomic E-state index is 13.2. The van der Waals surface area contributed by atoms with E-state index in [1.165, 1.54) is 6.33 Å². The molecule has 32 heavy (non-hydrogen) atoms. The number of benzene rings is 1. The minimum Gasteiger partial charge on any atom is -0.367 e. The summed E-state index contributed by atoms with van der Waals surface area (Å²) < 4.78 is 1.57. The zero-order chi connectivity index (χ0) is 21.9. The van der Waals surface area contributed by atoms with Crippen molar-refractivity contribution >= 4 is 29.0 Å². The molecule has 0 radical (unpaired) electrons. The van der Waals surface area contributed by atoms with Crippen molar-refractivity contribution in [1.29, 1.82) is 0 Å². The quantitative estimate of drug-likeness (QED) is 0.600. The van der Waals surface area contributed by atoms with Crippen molar-refractivity contribution in [1.82, 2.24) is 29.9 Å². The van der Waals surface area contributed by atoms with Crippen molar-refractivity contribution < 1.29 is 4.79 Å². The summed E-state index contributed by atoms with van der Waals surface area (Å²) in [6.45, 7) is 4.56. The lowest BCUT2D eigenvalue weighted by Gasteiger charge is -2.40. The Hall–Kier alpha value is -3.20. The van der Waals surface area contributed by atoms with Crippen LogP contribution in [0.1, 0.15) is 12.8 Å². The molecule has 9 nitrogen and oxygen atoms in total. The summed E-state index contributed by atoms with van der Waals surface area (Å²) in [4.78, 5) is 23.6. The van der Waals surface area contributed by atoms with Crippen molar-refractivity contribution in [3.8, 4) is 5.82 Å². The van der Waals surface area contributed by atoms with E-state index in [2.05, 4.69) is 30.1 Å². The minimum atomic E-state index is -0.0209. The zero-order valence-corrected chi connectivity index (χ0v) is 18.5. The Balaban J connectivity index is 1.19. The number of hydrogen-bond acceptors (Lipinski definition) is 7. The number of hydrogen-bond donors (Lipinski definition) is 0. The van der Waals surface area contributed by atoms with Crippen LogP contribution in [0.4, 0.5) is 11.5 Å². The van der Waals surface area contributed by atoms with Crippen LogP contribution in [0.15, 0.2) is 49.1 Å². The molecule has 2 saturated heterocycles. The second kappa shape index (κ2) is 9.12. The number of nitrogens with zero attached hydrogens (tertiary/aromatic N) is 8. The van der Waals surface area contributed by atoms with Gasteiger partial charge in [0.1, 0.15) is 12.7 Å². The Bertz CT molecular complexity index is 1050. The van der Waals surface area contributed by atoms with E-state index in [1.807, 2.05) is 41.3 Å². The molecule has 2 aromatic heterocycles. The highest BCUT2D eigenvalue weighted by Gasteiger charge is 2.32. The molecule has 4 heterocycles. The van der Waals surface area contributed by atoms with Crippen LogP contribution in [0.25, 0.3) is 5.82 Å². The van der Waals surface area contributed by atoms with Crippen molar-refractivity contribution in [2.75, 3.05) is 49.1 Å². The van der Waals surface area contributed by atoms with Crippen LogP contribution >= 0.6 is 11.6 Å². The summed E-state index contributed by atoms with van der Waals surface area (Å²) in [6.07, 6.45) is 4.92. The van der Waals surface area contributed by atoms with E-state index in [0.29, 0.717) is 25.5 Å². The molecule has 5 rings (SSSR count). The van der Waals surface area contributed by atoms with Crippen molar-refractivity contribution in [2.45, 2.75) is 12.8 Å². The first kappa shape index (κ1) is 20.7. The van der Waals surface area contributed by atoms with Gasteiger partial charge >= 0.3 is 0 Å². The van der Waals surface area contributed by atoms with E-state index in [0.717, 1.165) is 49.0 Å². The van der Waals surface area contributed by atoms with Crippen molar-refractivity contribution in [3.05, 3.63) is 54.1 Å². The van der Waals surface area contributed by atoms with Crippen LogP contribution < -0.4 is 9.80 Å². The molecule has 0 saturated carbocycles. The first-order valence-electron chi connectivity index (χ1n) is 10.9.